The van der Waals surface area contributed by atoms with Gasteiger partial charge >= 0.3 is 0 Å². The van der Waals surface area contributed by atoms with Crippen LogP contribution in [0.4, 0.5) is 0 Å². The number of thioether (sulfide) groups is 1. The van der Waals surface area contributed by atoms with Crippen LogP contribution in [0.25, 0.3) is 0 Å². The van der Waals surface area contributed by atoms with E-state index < -0.39 is 10.0 Å². The Balaban J connectivity index is 1.75. The zero-order valence-corrected chi connectivity index (χ0v) is 15.9. The highest BCUT2D eigenvalue weighted by Gasteiger charge is 2.23. The topological polar surface area (TPSA) is 73.8 Å². The lowest BCUT2D eigenvalue weighted by atomic mass is 10.1. The average Bonchev–Trinajstić information content (AvgIpc) is 2.60. The standard InChI is InChI=1S/C16H26N4O2S2/c1-14-3-5-15(6-4-14)13-19-16(17-2)18-7-12-24(21,22)20-8-10-23-11-9-20/h3-6H,7-13H2,1-2H3,(H2,17,18,19). The van der Waals surface area contributed by atoms with Gasteiger partial charge in [-0.3, -0.25) is 4.99 Å². The molecule has 0 unspecified atom stereocenters. The Labute approximate surface area is 149 Å². The molecule has 2 rings (SSSR count). The van der Waals surface area contributed by atoms with Gasteiger partial charge in [-0.1, -0.05) is 29.8 Å². The molecule has 1 saturated heterocycles. The van der Waals surface area contributed by atoms with E-state index >= 15 is 0 Å². The number of aryl methyl sites for hydroxylation is 1. The lowest BCUT2D eigenvalue weighted by Crippen LogP contribution is -2.44. The molecule has 1 aliphatic rings. The molecule has 1 aromatic rings. The van der Waals surface area contributed by atoms with Gasteiger partial charge in [-0.2, -0.15) is 11.8 Å². The van der Waals surface area contributed by atoms with E-state index in [1.54, 1.807) is 23.1 Å². The van der Waals surface area contributed by atoms with Crippen LogP contribution in [-0.4, -0.2) is 62.6 Å². The van der Waals surface area contributed by atoms with Crippen molar-refractivity contribution in [3.8, 4) is 0 Å². The second-order valence-electron chi connectivity index (χ2n) is 5.67. The molecule has 0 aliphatic carbocycles. The lowest BCUT2D eigenvalue weighted by Gasteiger charge is -2.25. The quantitative estimate of drug-likeness (QED) is 0.578. The molecule has 1 fully saturated rings. The molecule has 1 aliphatic heterocycles. The Kier molecular flexibility index (Phi) is 7.39. The maximum absolute atomic E-state index is 12.3. The van der Waals surface area contributed by atoms with Gasteiger partial charge < -0.3 is 10.6 Å². The van der Waals surface area contributed by atoms with Crippen LogP contribution >= 0.6 is 11.8 Å². The van der Waals surface area contributed by atoms with E-state index in [0.717, 1.165) is 17.1 Å². The van der Waals surface area contributed by atoms with Crippen LogP contribution < -0.4 is 10.6 Å². The SMILES string of the molecule is CN=C(NCCS(=O)(=O)N1CCSCC1)NCc1ccc(C)cc1. The third-order valence-corrected chi connectivity index (χ3v) is 6.63. The zero-order chi connectivity index (χ0) is 17.4. The summed E-state index contributed by atoms with van der Waals surface area (Å²) in [4.78, 5) is 4.14. The summed E-state index contributed by atoms with van der Waals surface area (Å²) in [5.74, 6) is 2.46. The van der Waals surface area contributed by atoms with Gasteiger partial charge in [-0.25, -0.2) is 12.7 Å². The molecule has 0 aromatic heterocycles. The summed E-state index contributed by atoms with van der Waals surface area (Å²) in [5, 5.41) is 6.27. The molecule has 134 valence electrons. The number of sulfonamides is 1. The molecule has 1 heterocycles. The van der Waals surface area contributed by atoms with Crippen molar-refractivity contribution in [2.75, 3.05) is 43.9 Å². The molecule has 8 heteroatoms. The van der Waals surface area contributed by atoms with Crippen molar-refractivity contribution in [2.24, 2.45) is 4.99 Å². The van der Waals surface area contributed by atoms with E-state index in [1.165, 1.54) is 5.56 Å². The lowest BCUT2D eigenvalue weighted by molar-refractivity contribution is 0.443. The first-order chi connectivity index (χ1) is 11.5. The number of rotatable bonds is 6. The number of aliphatic imine (C=N–C) groups is 1. The minimum absolute atomic E-state index is 0.0862. The van der Waals surface area contributed by atoms with Gasteiger partial charge in [0.05, 0.1) is 5.75 Å². The van der Waals surface area contributed by atoms with Gasteiger partial charge in [0.2, 0.25) is 10.0 Å². The summed E-state index contributed by atoms with van der Waals surface area (Å²) in [6, 6.07) is 8.26. The van der Waals surface area contributed by atoms with Gasteiger partial charge in [0, 0.05) is 44.7 Å². The van der Waals surface area contributed by atoms with Crippen molar-refractivity contribution in [1.29, 1.82) is 0 Å². The van der Waals surface area contributed by atoms with Crippen molar-refractivity contribution in [2.45, 2.75) is 13.5 Å². The first kappa shape index (κ1) is 19.1. The summed E-state index contributed by atoms with van der Waals surface area (Å²) < 4.78 is 26.2. The fraction of sp³-hybridized carbons (Fsp3) is 0.562. The Morgan fingerprint density at radius 1 is 1.21 bits per heavy atom. The molecule has 0 bridgehead atoms. The Morgan fingerprint density at radius 2 is 1.88 bits per heavy atom. The summed E-state index contributed by atoms with van der Waals surface area (Å²) in [7, 11) is -1.50. The van der Waals surface area contributed by atoms with E-state index in [9.17, 15) is 8.42 Å². The second kappa shape index (κ2) is 9.29. The Bertz CT molecular complexity index is 639. The predicted octanol–water partition coefficient (Wildman–Crippen LogP) is 1.04. The maximum Gasteiger partial charge on any atom is 0.215 e. The summed E-state index contributed by atoms with van der Waals surface area (Å²) in [6.07, 6.45) is 0. The van der Waals surface area contributed by atoms with Crippen LogP contribution in [0.5, 0.6) is 0 Å². The summed E-state index contributed by atoms with van der Waals surface area (Å²) >= 11 is 1.80. The van der Waals surface area contributed by atoms with Gasteiger partial charge in [-0.05, 0) is 12.5 Å². The van der Waals surface area contributed by atoms with Crippen LogP contribution in [0.3, 0.4) is 0 Å². The molecule has 0 atom stereocenters. The average molecular weight is 371 g/mol. The molecule has 0 spiro atoms. The van der Waals surface area contributed by atoms with Crippen LogP contribution in [0.2, 0.25) is 0 Å². The van der Waals surface area contributed by atoms with Gasteiger partial charge in [-0.15, -0.1) is 0 Å². The van der Waals surface area contributed by atoms with E-state index in [0.29, 0.717) is 32.1 Å². The summed E-state index contributed by atoms with van der Waals surface area (Å²) in [6.45, 7) is 4.29. The van der Waals surface area contributed by atoms with Crippen molar-refractivity contribution >= 4 is 27.7 Å². The molecule has 1 aromatic carbocycles. The largest absolute Gasteiger partial charge is 0.355 e. The first-order valence-corrected chi connectivity index (χ1v) is 10.8. The number of guanidine groups is 1. The number of nitrogens with one attached hydrogen (secondary N) is 2. The van der Waals surface area contributed by atoms with Gasteiger partial charge in [0.15, 0.2) is 5.96 Å². The third kappa shape index (κ3) is 5.99. The monoisotopic (exact) mass is 370 g/mol. The molecule has 6 nitrogen and oxygen atoms in total. The van der Waals surface area contributed by atoms with Crippen molar-refractivity contribution in [3.63, 3.8) is 0 Å². The van der Waals surface area contributed by atoms with E-state index in [2.05, 4.69) is 46.8 Å². The van der Waals surface area contributed by atoms with E-state index in [-0.39, 0.29) is 5.75 Å². The number of benzene rings is 1. The number of hydrogen-bond acceptors (Lipinski definition) is 4. The fourth-order valence-electron chi connectivity index (χ4n) is 2.36. The smallest absolute Gasteiger partial charge is 0.215 e. The molecule has 24 heavy (non-hydrogen) atoms. The maximum atomic E-state index is 12.3. The van der Waals surface area contributed by atoms with Gasteiger partial charge in [0.25, 0.3) is 0 Å². The van der Waals surface area contributed by atoms with Crippen molar-refractivity contribution in [1.82, 2.24) is 14.9 Å². The zero-order valence-electron chi connectivity index (χ0n) is 14.3. The molecule has 2 N–H and O–H groups in total. The van der Waals surface area contributed by atoms with Crippen molar-refractivity contribution in [3.05, 3.63) is 35.4 Å². The summed E-state index contributed by atoms with van der Waals surface area (Å²) in [5.41, 5.74) is 2.38. The van der Waals surface area contributed by atoms with Crippen LogP contribution in [0.1, 0.15) is 11.1 Å². The Morgan fingerprint density at radius 3 is 2.50 bits per heavy atom. The highest BCUT2D eigenvalue weighted by atomic mass is 32.2. The third-order valence-electron chi connectivity index (χ3n) is 3.82. The van der Waals surface area contributed by atoms with E-state index in [1.807, 2.05) is 0 Å². The minimum atomic E-state index is -3.18. The predicted molar refractivity (Wildman–Crippen MR) is 102 cm³/mol. The molecular weight excluding hydrogens is 344 g/mol. The van der Waals surface area contributed by atoms with E-state index in [4.69, 9.17) is 0 Å². The molecular formula is C16H26N4O2S2. The van der Waals surface area contributed by atoms with Crippen LogP contribution in [0, 0.1) is 6.92 Å². The Hall–Kier alpha value is -1.25. The van der Waals surface area contributed by atoms with Crippen molar-refractivity contribution < 1.29 is 8.42 Å². The van der Waals surface area contributed by atoms with Crippen LogP contribution in [0.15, 0.2) is 29.3 Å². The second-order valence-corrected chi connectivity index (χ2v) is 8.98. The molecule has 0 radical (unpaired) electrons. The molecule has 0 saturated carbocycles. The van der Waals surface area contributed by atoms with Crippen LogP contribution in [-0.2, 0) is 16.6 Å². The normalized spacial score (nSPS) is 16.8. The highest BCUT2D eigenvalue weighted by molar-refractivity contribution is 7.99. The number of hydrogen-bond donors (Lipinski definition) is 2. The van der Waals surface area contributed by atoms with Gasteiger partial charge in [0.1, 0.15) is 0 Å². The highest BCUT2D eigenvalue weighted by Crippen LogP contribution is 2.12. The number of nitrogens with zero attached hydrogens (tertiary/aromatic N) is 2. The minimum Gasteiger partial charge on any atom is -0.355 e. The first-order valence-electron chi connectivity index (χ1n) is 8.07. The molecule has 0 amide bonds. The fourth-order valence-corrected chi connectivity index (χ4v) is 4.86.